The van der Waals surface area contributed by atoms with Gasteiger partial charge in [0.05, 0.1) is 0 Å². The Kier molecular flexibility index (Phi) is 2.52. The van der Waals surface area contributed by atoms with E-state index in [0.717, 1.165) is 23.1 Å². The van der Waals surface area contributed by atoms with Crippen molar-refractivity contribution in [1.29, 1.82) is 0 Å². The largest absolute Gasteiger partial charge is 0.436 e. The fourth-order valence-corrected chi connectivity index (χ4v) is 1.95. The van der Waals surface area contributed by atoms with Crippen molar-refractivity contribution in [2.24, 2.45) is 0 Å². The predicted molar refractivity (Wildman–Crippen MR) is 73.2 cm³/mol. The second-order valence-corrected chi connectivity index (χ2v) is 4.30. The van der Waals surface area contributed by atoms with Gasteiger partial charge in [-0.1, -0.05) is 19.1 Å². The summed E-state index contributed by atoms with van der Waals surface area (Å²) in [6.07, 6.45) is 1.03. The van der Waals surface area contributed by atoms with E-state index in [1.807, 2.05) is 24.3 Å². The lowest BCUT2D eigenvalue weighted by molar-refractivity contribution is 0.620. The van der Waals surface area contributed by atoms with Crippen LogP contribution in [0.5, 0.6) is 0 Å². The van der Waals surface area contributed by atoms with Crippen molar-refractivity contribution in [2.45, 2.75) is 13.3 Å². The standard InChI is InChI=1S/C15H14N2O/c1-2-10-3-5-11(6-4-10)15-17-13-8-7-12(16)9-14(13)18-15/h3-9H,2,16H2,1H3. The molecule has 2 N–H and O–H groups in total. The molecule has 90 valence electrons. The zero-order valence-electron chi connectivity index (χ0n) is 10.2. The molecule has 0 saturated heterocycles. The molecule has 3 nitrogen and oxygen atoms in total. The zero-order chi connectivity index (χ0) is 12.5. The first kappa shape index (κ1) is 10.8. The summed E-state index contributed by atoms with van der Waals surface area (Å²) >= 11 is 0. The topological polar surface area (TPSA) is 52.0 Å². The molecule has 18 heavy (non-hydrogen) atoms. The van der Waals surface area contributed by atoms with Crippen LogP contribution in [0.1, 0.15) is 12.5 Å². The van der Waals surface area contributed by atoms with Crippen molar-refractivity contribution < 1.29 is 4.42 Å². The fraction of sp³-hybridized carbons (Fsp3) is 0.133. The van der Waals surface area contributed by atoms with Gasteiger partial charge in [0.15, 0.2) is 5.58 Å². The van der Waals surface area contributed by atoms with Crippen LogP contribution in [0, 0.1) is 0 Å². The minimum Gasteiger partial charge on any atom is -0.436 e. The Labute approximate surface area is 105 Å². The molecule has 0 radical (unpaired) electrons. The lowest BCUT2D eigenvalue weighted by Crippen LogP contribution is -1.81. The Morgan fingerprint density at radius 3 is 2.61 bits per heavy atom. The summed E-state index contributed by atoms with van der Waals surface area (Å²) in [6, 6.07) is 13.8. The van der Waals surface area contributed by atoms with E-state index >= 15 is 0 Å². The molecule has 0 spiro atoms. The van der Waals surface area contributed by atoms with Crippen molar-refractivity contribution >= 4 is 16.8 Å². The summed E-state index contributed by atoms with van der Waals surface area (Å²) in [5.74, 6) is 0.637. The third-order valence-corrected chi connectivity index (χ3v) is 3.02. The number of nitrogen functional groups attached to an aromatic ring is 1. The average Bonchev–Trinajstić information content (AvgIpc) is 2.81. The van der Waals surface area contributed by atoms with E-state index in [1.165, 1.54) is 5.56 Å². The van der Waals surface area contributed by atoms with Crippen LogP contribution < -0.4 is 5.73 Å². The Morgan fingerprint density at radius 2 is 1.89 bits per heavy atom. The highest BCUT2D eigenvalue weighted by Crippen LogP contribution is 2.25. The smallest absolute Gasteiger partial charge is 0.227 e. The summed E-state index contributed by atoms with van der Waals surface area (Å²) < 4.78 is 5.72. The molecule has 0 saturated carbocycles. The van der Waals surface area contributed by atoms with Crippen molar-refractivity contribution in [3.05, 3.63) is 48.0 Å². The van der Waals surface area contributed by atoms with E-state index < -0.39 is 0 Å². The summed E-state index contributed by atoms with van der Waals surface area (Å²) in [5.41, 5.74) is 10.3. The van der Waals surface area contributed by atoms with Gasteiger partial charge in [0.25, 0.3) is 0 Å². The van der Waals surface area contributed by atoms with Crippen LogP contribution in [0.2, 0.25) is 0 Å². The molecular weight excluding hydrogens is 224 g/mol. The number of oxazole rings is 1. The number of nitrogens with zero attached hydrogens (tertiary/aromatic N) is 1. The van der Waals surface area contributed by atoms with Crippen LogP contribution in [-0.4, -0.2) is 4.98 Å². The molecule has 0 atom stereocenters. The van der Waals surface area contributed by atoms with Crippen LogP contribution in [-0.2, 0) is 6.42 Å². The number of hydrogen-bond donors (Lipinski definition) is 1. The molecule has 3 heteroatoms. The molecule has 0 unspecified atom stereocenters. The molecule has 1 aromatic heterocycles. The molecule has 0 aliphatic rings. The highest BCUT2D eigenvalue weighted by Gasteiger charge is 2.07. The monoisotopic (exact) mass is 238 g/mol. The van der Waals surface area contributed by atoms with Crippen molar-refractivity contribution in [1.82, 2.24) is 4.98 Å². The second kappa shape index (κ2) is 4.18. The third kappa shape index (κ3) is 1.84. The van der Waals surface area contributed by atoms with Crippen LogP contribution in [0.15, 0.2) is 46.9 Å². The van der Waals surface area contributed by atoms with Crippen LogP contribution in [0.3, 0.4) is 0 Å². The first-order valence-corrected chi connectivity index (χ1v) is 6.01. The van der Waals surface area contributed by atoms with Gasteiger partial charge in [0.2, 0.25) is 5.89 Å². The molecule has 1 heterocycles. The van der Waals surface area contributed by atoms with E-state index in [2.05, 4.69) is 24.0 Å². The van der Waals surface area contributed by atoms with Gasteiger partial charge >= 0.3 is 0 Å². The fourth-order valence-electron chi connectivity index (χ4n) is 1.95. The van der Waals surface area contributed by atoms with Gasteiger partial charge < -0.3 is 10.2 Å². The van der Waals surface area contributed by atoms with Gasteiger partial charge in [-0.3, -0.25) is 0 Å². The van der Waals surface area contributed by atoms with Crippen molar-refractivity contribution in [3.8, 4) is 11.5 Å². The molecular formula is C15H14N2O. The van der Waals surface area contributed by atoms with E-state index in [1.54, 1.807) is 6.07 Å². The van der Waals surface area contributed by atoms with E-state index in [9.17, 15) is 0 Å². The lowest BCUT2D eigenvalue weighted by atomic mass is 10.1. The number of fused-ring (bicyclic) bond motifs is 1. The normalized spacial score (nSPS) is 10.9. The van der Waals surface area contributed by atoms with Gasteiger partial charge in [-0.15, -0.1) is 0 Å². The molecule has 3 rings (SSSR count). The molecule has 0 aliphatic carbocycles. The Bertz CT molecular complexity index is 683. The molecule has 0 bridgehead atoms. The predicted octanol–water partition coefficient (Wildman–Crippen LogP) is 3.64. The average molecular weight is 238 g/mol. The summed E-state index contributed by atoms with van der Waals surface area (Å²) in [4.78, 5) is 4.46. The molecule has 0 fully saturated rings. The van der Waals surface area contributed by atoms with Gasteiger partial charge in [0, 0.05) is 17.3 Å². The van der Waals surface area contributed by atoms with Gasteiger partial charge in [-0.05, 0) is 36.2 Å². The minimum atomic E-state index is 0.637. The van der Waals surface area contributed by atoms with Crippen LogP contribution in [0.25, 0.3) is 22.6 Å². The highest BCUT2D eigenvalue weighted by atomic mass is 16.3. The number of aryl methyl sites for hydroxylation is 1. The number of rotatable bonds is 2. The van der Waals surface area contributed by atoms with E-state index in [-0.39, 0.29) is 0 Å². The maximum absolute atomic E-state index is 5.72. The number of hydrogen-bond acceptors (Lipinski definition) is 3. The highest BCUT2D eigenvalue weighted by molar-refractivity contribution is 5.79. The summed E-state index contributed by atoms with van der Waals surface area (Å²) in [5, 5.41) is 0. The quantitative estimate of drug-likeness (QED) is 0.693. The van der Waals surface area contributed by atoms with E-state index in [4.69, 9.17) is 10.2 Å². The SMILES string of the molecule is CCc1ccc(-c2nc3ccc(N)cc3o2)cc1. The maximum atomic E-state index is 5.72. The zero-order valence-corrected chi connectivity index (χ0v) is 10.2. The summed E-state index contributed by atoms with van der Waals surface area (Å²) in [7, 11) is 0. The van der Waals surface area contributed by atoms with Gasteiger partial charge in [0.1, 0.15) is 5.52 Å². The Balaban J connectivity index is 2.07. The van der Waals surface area contributed by atoms with E-state index in [0.29, 0.717) is 11.6 Å². The molecule has 3 aromatic rings. The number of anilines is 1. The maximum Gasteiger partial charge on any atom is 0.227 e. The number of benzene rings is 2. The minimum absolute atomic E-state index is 0.637. The second-order valence-electron chi connectivity index (χ2n) is 4.30. The van der Waals surface area contributed by atoms with Crippen molar-refractivity contribution in [2.75, 3.05) is 5.73 Å². The van der Waals surface area contributed by atoms with Crippen molar-refractivity contribution in [3.63, 3.8) is 0 Å². The summed E-state index contributed by atoms with van der Waals surface area (Å²) in [6.45, 7) is 2.14. The van der Waals surface area contributed by atoms with Gasteiger partial charge in [-0.25, -0.2) is 4.98 Å². The lowest BCUT2D eigenvalue weighted by Gasteiger charge is -1.97. The molecule has 2 aromatic carbocycles. The first-order valence-electron chi connectivity index (χ1n) is 6.01. The Morgan fingerprint density at radius 1 is 1.11 bits per heavy atom. The van der Waals surface area contributed by atoms with Crippen LogP contribution in [0.4, 0.5) is 5.69 Å². The van der Waals surface area contributed by atoms with Crippen LogP contribution >= 0.6 is 0 Å². The number of aromatic nitrogens is 1. The Hall–Kier alpha value is -2.29. The third-order valence-electron chi connectivity index (χ3n) is 3.02. The number of nitrogens with two attached hydrogens (primary N) is 1. The molecule has 0 aliphatic heterocycles. The van der Waals surface area contributed by atoms with Gasteiger partial charge in [-0.2, -0.15) is 0 Å². The first-order chi connectivity index (χ1) is 8.76. The molecule has 0 amide bonds.